The van der Waals surface area contributed by atoms with Crippen LogP contribution in [0.4, 0.5) is 0 Å². The van der Waals surface area contributed by atoms with Crippen LogP contribution in [0.15, 0.2) is 48.6 Å². The second-order valence-corrected chi connectivity index (χ2v) is 4.73. The Bertz CT molecular complexity index is 335. The number of hydrogen-bond acceptors (Lipinski definition) is 1. The monoisotopic (exact) mass is 276 g/mol. The van der Waals surface area contributed by atoms with Gasteiger partial charge in [-0.3, -0.25) is 4.79 Å². The highest BCUT2D eigenvalue weighted by atomic mass is 16.4. The lowest BCUT2D eigenvalue weighted by atomic mass is 10.1. The molecule has 20 heavy (non-hydrogen) atoms. The van der Waals surface area contributed by atoms with E-state index in [9.17, 15) is 4.79 Å². The van der Waals surface area contributed by atoms with E-state index in [1.807, 2.05) is 24.3 Å². The highest BCUT2D eigenvalue weighted by molar-refractivity contribution is 5.66. The molecule has 0 amide bonds. The van der Waals surface area contributed by atoms with Gasteiger partial charge >= 0.3 is 5.97 Å². The number of rotatable bonds is 12. The van der Waals surface area contributed by atoms with E-state index >= 15 is 0 Å². The quantitative estimate of drug-likeness (QED) is 0.381. The van der Waals surface area contributed by atoms with Crippen LogP contribution in [0, 0.1) is 0 Å². The number of carboxylic acids is 1. The second-order valence-electron chi connectivity index (χ2n) is 4.73. The zero-order valence-electron chi connectivity index (χ0n) is 12.6. The lowest BCUT2D eigenvalue weighted by Gasteiger charge is -1.97. The molecular formula is C18H28O2. The standard InChI is InChI=1S/C18H28O2/c1-2-3-4-5-6-7-8-9-10-11-12-13-14-15-16-17-18(19)20/h3-10H,2,11-17H2,1H3,(H,19,20). The summed E-state index contributed by atoms with van der Waals surface area (Å²) in [6, 6.07) is 0. The topological polar surface area (TPSA) is 37.3 Å². The van der Waals surface area contributed by atoms with E-state index in [0.717, 1.165) is 32.1 Å². The maximum Gasteiger partial charge on any atom is 0.303 e. The van der Waals surface area contributed by atoms with Gasteiger partial charge in [0.25, 0.3) is 0 Å². The molecule has 0 aromatic rings. The molecule has 0 unspecified atom stereocenters. The SMILES string of the molecule is CCC=CC=CC=CC=CCCCCCCCC(=O)O. The summed E-state index contributed by atoms with van der Waals surface area (Å²) in [5, 5.41) is 8.49. The molecule has 2 heteroatoms. The molecule has 0 atom stereocenters. The molecule has 0 aliphatic heterocycles. The molecule has 0 saturated carbocycles. The van der Waals surface area contributed by atoms with Gasteiger partial charge in [0.05, 0.1) is 0 Å². The van der Waals surface area contributed by atoms with E-state index in [1.165, 1.54) is 12.8 Å². The minimum Gasteiger partial charge on any atom is -0.481 e. The molecular weight excluding hydrogens is 248 g/mol. The first kappa shape index (κ1) is 18.4. The predicted octanol–water partition coefficient (Wildman–Crippen LogP) is 5.44. The number of allylic oxidation sites excluding steroid dienone is 8. The summed E-state index contributed by atoms with van der Waals surface area (Å²) >= 11 is 0. The van der Waals surface area contributed by atoms with Crippen LogP contribution in [0.5, 0.6) is 0 Å². The molecule has 0 aliphatic carbocycles. The Morgan fingerprint density at radius 1 is 0.800 bits per heavy atom. The maximum absolute atomic E-state index is 10.3. The van der Waals surface area contributed by atoms with Gasteiger partial charge in [-0.25, -0.2) is 0 Å². The highest BCUT2D eigenvalue weighted by Gasteiger charge is 1.95. The number of carbonyl (C=O) groups is 1. The molecule has 1 N–H and O–H groups in total. The molecule has 0 aromatic heterocycles. The number of aliphatic carboxylic acids is 1. The summed E-state index contributed by atoms with van der Waals surface area (Å²) in [7, 11) is 0. The normalized spacial score (nSPS) is 12.4. The van der Waals surface area contributed by atoms with Crippen molar-refractivity contribution in [1.29, 1.82) is 0 Å². The van der Waals surface area contributed by atoms with Gasteiger partial charge in [-0.15, -0.1) is 0 Å². The Morgan fingerprint density at radius 2 is 1.35 bits per heavy atom. The van der Waals surface area contributed by atoms with Gasteiger partial charge in [-0.05, 0) is 25.7 Å². The molecule has 0 rings (SSSR count). The largest absolute Gasteiger partial charge is 0.481 e. The molecule has 2 nitrogen and oxygen atoms in total. The predicted molar refractivity (Wildman–Crippen MR) is 86.8 cm³/mol. The van der Waals surface area contributed by atoms with Crippen molar-refractivity contribution < 1.29 is 9.90 Å². The Morgan fingerprint density at radius 3 is 2.00 bits per heavy atom. The second kappa shape index (κ2) is 15.5. The van der Waals surface area contributed by atoms with Crippen LogP contribution in [0.2, 0.25) is 0 Å². The van der Waals surface area contributed by atoms with Crippen molar-refractivity contribution in [2.75, 3.05) is 0 Å². The summed E-state index contributed by atoms with van der Waals surface area (Å²) in [5.74, 6) is -0.682. The van der Waals surface area contributed by atoms with Crippen LogP contribution in [-0.4, -0.2) is 11.1 Å². The molecule has 0 heterocycles. The first-order chi connectivity index (χ1) is 9.77. The van der Waals surface area contributed by atoms with Gasteiger partial charge in [-0.1, -0.05) is 74.8 Å². The first-order valence-corrected chi connectivity index (χ1v) is 7.64. The first-order valence-electron chi connectivity index (χ1n) is 7.64. The van der Waals surface area contributed by atoms with Gasteiger partial charge in [-0.2, -0.15) is 0 Å². The molecule has 0 saturated heterocycles. The van der Waals surface area contributed by atoms with E-state index in [1.54, 1.807) is 0 Å². The van der Waals surface area contributed by atoms with Gasteiger partial charge in [0.1, 0.15) is 0 Å². The molecule has 0 aromatic carbocycles. The van der Waals surface area contributed by atoms with Gasteiger partial charge < -0.3 is 5.11 Å². The van der Waals surface area contributed by atoms with Crippen LogP contribution < -0.4 is 0 Å². The minimum absolute atomic E-state index is 0.311. The molecule has 0 radical (unpaired) electrons. The van der Waals surface area contributed by atoms with Gasteiger partial charge in [0.15, 0.2) is 0 Å². The Balaban J connectivity index is 3.35. The van der Waals surface area contributed by atoms with Crippen molar-refractivity contribution in [2.45, 2.75) is 58.3 Å². The average molecular weight is 276 g/mol. The maximum atomic E-state index is 10.3. The lowest BCUT2D eigenvalue weighted by molar-refractivity contribution is -0.137. The molecule has 112 valence electrons. The fourth-order valence-corrected chi connectivity index (χ4v) is 1.71. The Labute approximate surface area is 123 Å². The average Bonchev–Trinajstić information content (AvgIpc) is 2.43. The van der Waals surface area contributed by atoms with E-state index in [4.69, 9.17) is 5.11 Å². The molecule has 0 aliphatic rings. The number of hydrogen-bond donors (Lipinski definition) is 1. The zero-order valence-corrected chi connectivity index (χ0v) is 12.6. The van der Waals surface area contributed by atoms with Crippen LogP contribution >= 0.6 is 0 Å². The van der Waals surface area contributed by atoms with E-state index in [0.29, 0.717) is 6.42 Å². The third-order valence-electron chi connectivity index (χ3n) is 2.82. The zero-order chi connectivity index (χ0) is 14.9. The third-order valence-corrected chi connectivity index (χ3v) is 2.82. The third kappa shape index (κ3) is 16.4. The van der Waals surface area contributed by atoms with Crippen molar-refractivity contribution >= 4 is 5.97 Å². The van der Waals surface area contributed by atoms with Crippen molar-refractivity contribution in [3.8, 4) is 0 Å². The van der Waals surface area contributed by atoms with E-state index in [2.05, 4.69) is 31.2 Å². The number of carboxylic acid groups (broad SMARTS) is 1. The van der Waals surface area contributed by atoms with Crippen molar-refractivity contribution in [2.24, 2.45) is 0 Å². The van der Waals surface area contributed by atoms with E-state index < -0.39 is 5.97 Å². The molecule has 0 fully saturated rings. The Hall–Kier alpha value is -1.57. The summed E-state index contributed by atoms with van der Waals surface area (Å²) < 4.78 is 0. The molecule has 0 bridgehead atoms. The fourth-order valence-electron chi connectivity index (χ4n) is 1.71. The van der Waals surface area contributed by atoms with Crippen LogP contribution in [-0.2, 0) is 4.79 Å². The van der Waals surface area contributed by atoms with Crippen molar-refractivity contribution in [3.05, 3.63) is 48.6 Å². The van der Waals surface area contributed by atoms with Crippen molar-refractivity contribution in [3.63, 3.8) is 0 Å². The highest BCUT2D eigenvalue weighted by Crippen LogP contribution is 2.07. The van der Waals surface area contributed by atoms with Gasteiger partial charge in [0, 0.05) is 6.42 Å². The summed E-state index contributed by atoms with van der Waals surface area (Å²) in [6.07, 6.45) is 24.4. The summed E-state index contributed by atoms with van der Waals surface area (Å²) in [4.78, 5) is 10.3. The molecule has 0 spiro atoms. The minimum atomic E-state index is -0.682. The lowest BCUT2D eigenvalue weighted by Crippen LogP contribution is -1.93. The summed E-state index contributed by atoms with van der Waals surface area (Å²) in [6.45, 7) is 2.12. The van der Waals surface area contributed by atoms with Crippen molar-refractivity contribution in [1.82, 2.24) is 0 Å². The smallest absolute Gasteiger partial charge is 0.303 e. The van der Waals surface area contributed by atoms with Crippen LogP contribution in [0.25, 0.3) is 0 Å². The van der Waals surface area contributed by atoms with Gasteiger partial charge in [0.2, 0.25) is 0 Å². The van der Waals surface area contributed by atoms with Crippen LogP contribution in [0.1, 0.15) is 58.3 Å². The number of unbranched alkanes of at least 4 members (excludes halogenated alkanes) is 5. The summed E-state index contributed by atoms with van der Waals surface area (Å²) in [5.41, 5.74) is 0. The van der Waals surface area contributed by atoms with E-state index in [-0.39, 0.29) is 0 Å². The Kier molecular flexibility index (Phi) is 14.3. The fraction of sp³-hybridized carbons (Fsp3) is 0.500. The van der Waals surface area contributed by atoms with Crippen LogP contribution in [0.3, 0.4) is 0 Å².